The fourth-order valence-electron chi connectivity index (χ4n) is 2.32. The Morgan fingerprint density at radius 3 is 2.42 bits per heavy atom. The Balaban J connectivity index is 1.77. The van der Waals surface area contributed by atoms with Gasteiger partial charge in [-0.25, -0.2) is 9.37 Å². The Morgan fingerprint density at radius 2 is 1.75 bits per heavy atom. The Labute approximate surface area is 144 Å². The molecule has 24 heavy (non-hydrogen) atoms. The molecule has 0 aliphatic carbocycles. The van der Waals surface area contributed by atoms with Crippen LogP contribution in [0.2, 0.25) is 0 Å². The molecule has 1 heterocycles. The van der Waals surface area contributed by atoms with Gasteiger partial charge in [-0.05, 0) is 43.7 Å². The zero-order chi connectivity index (χ0) is 17.2. The van der Waals surface area contributed by atoms with E-state index in [-0.39, 0.29) is 11.7 Å². The minimum atomic E-state index is -0.664. The summed E-state index contributed by atoms with van der Waals surface area (Å²) in [5, 5.41) is 5.25. The van der Waals surface area contributed by atoms with E-state index in [9.17, 15) is 9.18 Å². The van der Waals surface area contributed by atoms with Gasteiger partial charge in [-0.1, -0.05) is 30.3 Å². The normalized spacial score (nSPS) is 11.3. The molecule has 0 aliphatic rings. The summed E-state index contributed by atoms with van der Waals surface area (Å²) in [5.41, 5.74) is 1.81. The van der Waals surface area contributed by atoms with Crippen molar-refractivity contribution in [2.45, 2.75) is 19.3 Å². The molecule has 0 bridgehead atoms. The molecule has 1 aromatic heterocycles. The molecule has 3 rings (SSSR count). The van der Waals surface area contributed by atoms with E-state index in [1.807, 2.05) is 49.6 Å². The van der Waals surface area contributed by atoms with Crippen LogP contribution in [-0.2, 0) is 10.2 Å². The molecule has 2 aromatic carbocycles. The Morgan fingerprint density at radius 1 is 1.08 bits per heavy atom. The summed E-state index contributed by atoms with van der Waals surface area (Å²) >= 11 is 1.35. The van der Waals surface area contributed by atoms with Crippen molar-refractivity contribution in [3.63, 3.8) is 0 Å². The maximum atomic E-state index is 13.0. The smallest absolute Gasteiger partial charge is 0.236 e. The molecule has 3 nitrogen and oxygen atoms in total. The van der Waals surface area contributed by atoms with Crippen molar-refractivity contribution in [3.05, 3.63) is 71.4 Å². The predicted molar refractivity (Wildman–Crippen MR) is 95.6 cm³/mol. The number of carbonyl (C=O) groups excluding carboxylic acids is 1. The van der Waals surface area contributed by atoms with Gasteiger partial charge in [-0.15, -0.1) is 11.3 Å². The van der Waals surface area contributed by atoms with Gasteiger partial charge in [0.25, 0.3) is 0 Å². The number of amides is 1. The second-order valence-electron chi connectivity index (χ2n) is 5.99. The van der Waals surface area contributed by atoms with Gasteiger partial charge in [0.1, 0.15) is 5.82 Å². The standard InChI is InChI=1S/C19H17FN2OS/c1-19(2,14-6-4-3-5-7-14)17(23)22-18-21-16(12-24-18)13-8-10-15(20)11-9-13/h3-12H,1-2H3,(H,21,22,23). The van der Waals surface area contributed by atoms with Gasteiger partial charge in [-0.2, -0.15) is 0 Å². The minimum Gasteiger partial charge on any atom is -0.301 e. The van der Waals surface area contributed by atoms with Crippen LogP contribution in [-0.4, -0.2) is 10.9 Å². The van der Waals surface area contributed by atoms with Crippen LogP contribution < -0.4 is 5.32 Å². The Hall–Kier alpha value is -2.53. The average molecular weight is 340 g/mol. The number of hydrogen-bond acceptors (Lipinski definition) is 3. The van der Waals surface area contributed by atoms with Crippen molar-refractivity contribution >= 4 is 22.4 Å². The van der Waals surface area contributed by atoms with Gasteiger partial charge < -0.3 is 5.32 Å². The van der Waals surface area contributed by atoms with Gasteiger partial charge in [0.05, 0.1) is 11.1 Å². The molecule has 0 fully saturated rings. The molecule has 0 atom stereocenters. The van der Waals surface area contributed by atoms with Crippen LogP contribution >= 0.6 is 11.3 Å². The summed E-state index contributed by atoms with van der Waals surface area (Å²) in [4.78, 5) is 17.1. The summed E-state index contributed by atoms with van der Waals surface area (Å²) in [6.07, 6.45) is 0. The molecular formula is C19H17FN2OS. The van der Waals surface area contributed by atoms with Crippen molar-refractivity contribution in [1.82, 2.24) is 4.98 Å². The third-order valence-corrected chi connectivity index (χ3v) is 4.69. The highest BCUT2D eigenvalue weighted by Gasteiger charge is 2.30. The number of anilines is 1. The highest BCUT2D eigenvalue weighted by atomic mass is 32.1. The molecule has 3 aromatic rings. The van der Waals surface area contributed by atoms with Crippen LogP contribution in [0.3, 0.4) is 0 Å². The quantitative estimate of drug-likeness (QED) is 0.736. The van der Waals surface area contributed by atoms with Crippen molar-refractivity contribution < 1.29 is 9.18 Å². The third kappa shape index (κ3) is 3.36. The fraction of sp³-hybridized carbons (Fsp3) is 0.158. The summed E-state index contributed by atoms with van der Waals surface area (Å²) in [6.45, 7) is 3.76. The van der Waals surface area contributed by atoms with Crippen LogP contribution in [0.4, 0.5) is 9.52 Å². The van der Waals surface area contributed by atoms with E-state index in [0.29, 0.717) is 10.8 Å². The first-order chi connectivity index (χ1) is 11.5. The molecule has 122 valence electrons. The van der Waals surface area contributed by atoms with Crippen molar-refractivity contribution in [2.24, 2.45) is 0 Å². The van der Waals surface area contributed by atoms with E-state index in [4.69, 9.17) is 0 Å². The maximum absolute atomic E-state index is 13.0. The van der Waals surface area contributed by atoms with Gasteiger partial charge in [0.15, 0.2) is 5.13 Å². The number of nitrogens with one attached hydrogen (secondary N) is 1. The van der Waals surface area contributed by atoms with Crippen molar-refractivity contribution in [3.8, 4) is 11.3 Å². The SMILES string of the molecule is CC(C)(C(=O)Nc1nc(-c2ccc(F)cc2)cs1)c1ccccc1. The first-order valence-corrected chi connectivity index (χ1v) is 8.43. The zero-order valence-corrected chi connectivity index (χ0v) is 14.2. The summed E-state index contributed by atoms with van der Waals surface area (Å²) in [5.74, 6) is -0.402. The van der Waals surface area contributed by atoms with Crippen molar-refractivity contribution in [2.75, 3.05) is 5.32 Å². The van der Waals surface area contributed by atoms with Crippen LogP contribution in [0.25, 0.3) is 11.3 Å². The first kappa shape index (κ1) is 16.3. The second kappa shape index (κ2) is 6.53. The third-order valence-electron chi connectivity index (χ3n) is 3.93. The van der Waals surface area contributed by atoms with Crippen LogP contribution in [0, 0.1) is 5.82 Å². The van der Waals surface area contributed by atoms with Gasteiger partial charge in [-0.3, -0.25) is 4.79 Å². The molecule has 1 amide bonds. The number of aromatic nitrogens is 1. The van der Waals surface area contributed by atoms with E-state index in [1.165, 1.54) is 23.5 Å². The van der Waals surface area contributed by atoms with Crippen LogP contribution in [0.5, 0.6) is 0 Å². The Bertz CT molecular complexity index is 841. The van der Waals surface area contributed by atoms with E-state index in [0.717, 1.165) is 11.1 Å². The molecule has 1 N–H and O–H groups in total. The minimum absolute atomic E-state index is 0.117. The highest BCUT2D eigenvalue weighted by molar-refractivity contribution is 7.14. The average Bonchev–Trinajstić information content (AvgIpc) is 3.04. The lowest BCUT2D eigenvalue weighted by Gasteiger charge is -2.23. The number of hydrogen-bond donors (Lipinski definition) is 1. The topological polar surface area (TPSA) is 42.0 Å². The lowest BCUT2D eigenvalue weighted by Crippen LogP contribution is -2.34. The van der Waals surface area contributed by atoms with E-state index in [1.54, 1.807) is 12.1 Å². The van der Waals surface area contributed by atoms with E-state index < -0.39 is 5.41 Å². The summed E-state index contributed by atoms with van der Waals surface area (Å²) < 4.78 is 13.0. The number of halogens is 1. The van der Waals surface area contributed by atoms with Gasteiger partial charge in [0, 0.05) is 10.9 Å². The lowest BCUT2D eigenvalue weighted by atomic mass is 9.84. The second-order valence-corrected chi connectivity index (χ2v) is 6.85. The van der Waals surface area contributed by atoms with Crippen LogP contribution in [0.1, 0.15) is 19.4 Å². The number of benzene rings is 2. The van der Waals surface area contributed by atoms with Crippen LogP contribution in [0.15, 0.2) is 60.0 Å². The molecule has 0 saturated carbocycles. The molecular weight excluding hydrogens is 323 g/mol. The molecule has 0 aliphatic heterocycles. The highest BCUT2D eigenvalue weighted by Crippen LogP contribution is 2.28. The molecule has 0 saturated heterocycles. The maximum Gasteiger partial charge on any atom is 0.236 e. The lowest BCUT2D eigenvalue weighted by molar-refractivity contribution is -0.120. The number of carbonyl (C=O) groups is 1. The molecule has 0 radical (unpaired) electrons. The van der Waals surface area contributed by atoms with Gasteiger partial charge >= 0.3 is 0 Å². The first-order valence-electron chi connectivity index (χ1n) is 7.55. The Kier molecular flexibility index (Phi) is 4.44. The van der Waals surface area contributed by atoms with E-state index in [2.05, 4.69) is 10.3 Å². The fourth-order valence-corrected chi connectivity index (χ4v) is 3.04. The zero-order valence-electron chi connectivity index (χ0n) is 13.4. The summed E-state index contributed by atoms with van der Waals surface area (Å²) in [6, 6.07) is 15.8. The molecule has 0 spiro atoms. The van der Waals surface area contributed by atoms with Gasteiger partial charge in [0.2, 0.25) is 5.91 Å². The monoisotopic (exact) mass is 340 g/mol. The largest absolute Gasteiger partial charge is 0.301 e. The van der Waals surface area contributed by atoms with Crippen molar-refractivity contribution in [1.29, 1.82) is 0 Å². The number of thiazole rings is 1. The number of nitrogens with zero attached hydrogens (tertiary/aromatic N) is 1. The molecule has 0 unspecified atom stereocenters. The predicted octanol–water partition coefficient (Wildman–Crippen LogP) is 4.87. The number of rotatable bonds is 4. The van der Waals surface area contributed by atoms with E-state index >= 15 is 0 Å². The molecule has 5 heteroatoms. The summed E-state index contributed by atoms with van der Waals surface area (Å²) in [7, 11) is 0.